The predicted octanol–water partition coefficient (Wildman–Crippen LogP) is 6.43. The van der Waals surface area contributed by atoms with Crippen LogP contribution in [0.15, 0.2) is 23.3 Å². The standard InChI is InChI=1S/C24H35NO.C2H6/c1-15-4-9-20-19-8-7-17-14-18(25-22(26)16-5-6-16)10-12-24(17,3)21(19)11-13-23(15,20)2;1-2/h4,7,16,18-21H,5-6,8-14H2,1-3H3,(H,25,26);1-2H3/t18-,19?,20?,21+,23?,24?;/m1./s1. The minimum absolute atomic E-state index is 0.328. The van der Waals surface area contributed by atoms with E-state index in [4.69, 9.17) is 0 Å². The SMILES string of the molecule is CC.CC1=CCC2C3CC=C4C[C@H](NC(=O)C5CC5)CCC4(C)[C@H]3CCC12C. The van der Waals surface area contributed by atoms with Crippen molar-refractivity contribution < 1.29 is 4.79 Å². The molecule has 3 saturated carbocycles. The van der Waals surface area contributed by atoms with E-state index < -0.39 is 0 Å². The van der Waals surface area contributed by atoms with Crippen LogP contribution in [0.2, 0.25) is 0 Å². The summed E-state index contributed by atoms with van der Waals surface area (Å²) in [5, 5.41) is 3.36. The second kappa shape index (κ2) is 7.33. The monoisotopic (exact) mass is 383 g/mol. The van der Waals surface area contributed by atoms with Gasteiger partial charge in [0.25, 0.3) is 0 Å². The van der Waals surface area contributed by atoms with Crippen LogP contribution in [0.25, 0.3) is 0 Å². The molecule has 0 heterocycles. The van der Waals surface area contributed by atoms with Gasteiger partial charge in [0.15, 0.2) is 0 Å². The lowest BCUT2D eigenvalue weighted by atomic mass is 9.47. The molecular weight excluding hydrogens is 342 g/mol. The predicted molar refractivity (Wildman–Crippen MR) is 117 cm³/mol. The molecule has 28 heavy (non-hydrogen) atoms. The van der Waals surface area contributed by atoms with Gasteiger partial charge in [-0.05, 0) is 93.3 Å². The Morgan fingerprint density at radius 1 is 0.964 bits per heavy atom. The number of rotatable bonds is 2. The highest BCUT2D eigenvalue weighted by molar-refractivity contribution is 5.81. The fraction of sp³-hybridized carbons (Fsp3) is 0.808. The zero-order valence-electron chi connectivity index (χ0n) is 18.8. The molecule has 0 spiro atoms. The molecule has 2 heteroatoms. The summed E-state index contributed by atoms with van der Waals surface area (Å²) in [6.07, 6.45) is 16.3. The molecular formula is C26H41NO. The van der Waals surface area contributed by atoms with Crippen LogP contribution in [0.5, 0.6) is 0 Å². The van der Waals surface area contributed by atoms with E-state index in [-0.39, 0.29) is 0 Å². The van der Waals surface area contributed by atoms with Crippen molar-refractivity contribution in [2.24, 2.45) is 34.5 Å². The second-order valence-corrected chi connectivity index (χ2v) is 10.6. The van der Waals surface area contributed by atoms with Gasteiger partial charge in [0.2, 0.25) is 5.91 Å². The van der Waals surface area contributed by atoms with E-state index in [9.17, 15) is 4.79 Å². The number of nitrogens with one attached hydrogen (secondary N) is 1. The van der Waals surface area contributed by atoms with Gasteiger partial charge in [-0.15, -0.1) is 0 Å². The van der Waals surface area contributed by atoms with E-state index in [2.05, 4.69) is 38.2 Å². The van der Waals surface area contributed by atoms with Gasteiger partial charge in [0, 0.05) is 12.0 Å². The van der Waals surface area contributed by atoms with Crippen LogP contribution in [-0.2, 0) is 4.79 Å². The molecule has 2 nitrogen and oxygen atoms in total. The summed E-state index contributed by atoms with van der Waals surface area (Å²) in [4.78, 5) is 12.2. The molecule has 5 rings (SSSR count). The quantitative estimate of drug-likeness (QED) is 0.547. The van der Waals surface area contributed by atoms with Crippen LogP contribution in [0.3, 0.4) is 0 Å². The Kier molecular flexibility index (Phi) is 5.30. The Morgan fingerprint density at radius 3 is 2.39 bits per heavy atom. The van der Waals surface area contributed by atoms with E-state index in [0.717, 1.165) is 37.0 Å². The summed E-state index contributed by atoms with van der Waals surface area (Å²) in [7, 11) is 0. The maximum absolute atomic E-state index is 12.2. The third-order valence-electron chi connectivity index (χ3n) is 9.37. The largest absolute Gasteiger partial charge is 0.353 e. The molecule has 1 amide bonds. The van der Waals surface area contributed by atoms with Crippen molar-refractivity contribution in [1.29, 1.82) is 0 Å². The van der Waals surface area contributed by atoms with E-state index in [1.54, 1.807) is 11.1 Å². The van der Waals surface area contributed by atoms with Gasteiger partial charge in [0.05, 0.1) is 0 Å². The van der Waals surface area contributed by atoms with Gasteiger partial charge < -0.3 is 5.32 Å². The first-order chi connectivity index (χ1) is 13.4. The molecule has 4 unspecified atom stereocenters. The average molecular weight is 384 g/mol. The number of fused-ring (bicyclic) bond motifs is 5. The first-order valence-electron chi connectivity index (χ1n) is 12.1. The molecule has 156 valence electrons. The summed E-state index contributed by atoms with van der Waals surface area (Å²) in [5.41, 5.74) is 4.20. The fourth-order valence-corrected chi connectivity index (χ4v) is 7.23. The molecule has 0 saturated heterocycles. The van der Waals surface area contributed by atoms with Crippen LogP contribution in [0.1, 0.15) is 92.4 Å². The number of carbonyl (C=O) groups is 1. The molecule has 6 atom stereocenters. The Hall–Kier alpha value is -1.05. The van der Waals surface area contributed by atoms with Gasteiger partial charge in [0.1, 0.15) is 0 Å². The Balaban J connectivity index is 0.000000932. The van der Waals surface area contributed by atoms with E-state index in [0.29, 0.717) is 28.7 Å². The highest BCUT2D eigenvalue weighted by Crippen LogP contribution is 2.64. The minimum atomic E-state index is 0.328. The molecule has 0 bridgehead atoms. The number of hydrogen-bond acceptors (Lipinski definition) is 1. The number of amides is 1. The van der Waals surface area contributed by atoms with Gasteiger partial charge in [-0.2, -0.15) is 0 Å². The van der Waals surface area contributed by atoms with E-state index in [1.807, 2.05) is 13.8 Å². The third-order valence-corrected chi connectivity index (χ3v) is 9.37. The Labute approximate surface area is 172 Å². The highest BCUT2D eigenvalue weighted by atomic mass is 16.2. The lowest BCUT2D eigenvalue weighted by molar-refractivity contribution is -0.123. The second-order valence-electron chi connectivity index (χ2n) is 10.6. The molecule has 5 aliphatic rings. The maximum Gasteiger partial charge on any atom is 0.223 e. The van der Waals surface area contributed by atoms with Crippen LogP contribution in [0.4, 0.5) is 0 Å². The van der Waals surface area contributed by atoms with Crippen LogP contribution in [-0.4, -0.2) is 11.9 Å². The van der Waals surface area contributed by atoms with Crippen molar-refractivity contribution in [2.75, 3.05) is 0 Å². The third kappa shape index (κ3) is 3.10. The fourth-order valence-electron chi connectivity index (χ4n) is 7.23. The van der Waals surface area contributed by atoms with Gasteiger partial charge >= 0.3 is 0 Å². The molecule has 1 N–H and O–H groups in total. The number of hydrogen-bond donors (Lipinski definition) is 1. The highest BCUT2D eigenvalue weighted by Gasteiger charge is 2.56. The number of allylic oxidation sites excluding steroid dienone is 3. The van der Waals surface area contributed by atoms with Crippen LogP contribution in [0, 0.1) is 34.5 Å². The van der Waals surface area contributed by atoms with Crippen molar-refractivity contribution in [3.05, 3.63) is 23.3 Å². The summed E-state index contributed by atoms with van der Waals surface area (Å²) in [6, 6.07) is 0.392. The topological polar surface area (TPSA) is 29.1 Å². The van der Waals surface area contributed by atoms with Crippen molar-refractivity contribution in [1.82, 2.24) is 5.32 Å². The molecule has 0 aromatic carbocycles. The summed E-state index contributed by atoms with van der Waals surface area (Å²) in [6.45, 7) is 11.5. The Bertz CT molecular complexity index is 687. The van der Waals surface area contributed by atoms with Gasteiger partial charge in [-0.3, -0.25) is 4.79 Å². The van der Waals surface area contributed by atoms with Crippen molar-refractivity contribution in [3.8, 4) is 0 Å². The first-order valence-corrected chi connectivity index (χ1v) is 12.1. The smallest absolute Gasteiger partial charge is 0.223 e. The lowest BCUT2D eigenvalue weighted by Gasteiger charge is -2.58. The summed E-state index contributed by atoms with van der Waals surface area (Å²) >= 11 is 0. The van der Waals surface area contributed by atoms with E-state index >= 15 is 0 Å². The summed E-state index contributed by atoms with van der Waals surface area (Å²) in [5.74, 6) is 3.26. The lowest BCUT2D eigenvalue weighted by Crippen LogP contribution is -2.51. The van der Waals surface area contributed by atoms with Gasteiger partial charge in [-0.25, -0.2) is 0 Å². The van der Waals surface area contributed by atoms with Crippen molar-refractivity contribution in [3.63, 3.8) is 0 Å². The zero-order chi connectivity index (χ0) is 20.1. The zero-order valence-corrected chi connectivity index (χ0v) is 18.8. The van der Waals surface area contributed by atoms with Crippen LogP contribution >= 0.6 is 0 Å². The normalized spacial score (nSPS) is 44.0. The van der Waals surface area contributed by atoms with E-state index in [1.165, 1.54) is 38.5 Å². The molecule has 0 aromatic rings. The minimum Gasteiger partial charge on any atom is -0.353 e. The van der Waals surface area contributed by atoms with Crippen LogP contribution < -0.4 is 5.32 Å². The van der Waals surface area contributed by atoms with Gasteiger partial charge in [-0.1, -0.05) is 51.0 Å². The average Bonchev–Trinajstić information content (AvgIpc) is 3.49. The Morgan fingerprint density at radius 2 is 1.68 bits per heavy atom. The molecule has 0 aliphatic heterocycles. The van der Waals surface area contributed by atoms with Crippen molar-refractivity contribution >= 4 is 5.91 Å². The van der Waals surface area contributed by atoms with Crippen molar-refractivity contribution in [2.45, 2.75) is 98.4 Å². The maximum atomic E-state index is 12.2. The summed E-state index contributed by atoms with van der Waals surface area (Å²) < 4.78 is 0. The first kappa shape index (κ1) is 20.2. The molecule has 0 radical (unpaired) electrons. The number of carbonyl (C=O) groups excluding carboxylic acids is 1. The molecule has 5 aliphatic carbocycles. The molecule has 0 aromatic heterocycles. The molecule has 3 fully saturated rings.